The van der Waals surface area contributed by atoms with Crippen molar-refractivity contribution in [3.05, 3.63) is 121 Å². The van der Waals surface area contributed by atoms with Gasteiger partial charge < -0.3 is 9.30 Å². The highest BCUT2D eigenvalue weighted by Crippen LogP contribution is 2.28. The van der Waals surface area contributed by atoms with Gasteiger partial charge in [-0.1, -0.05) is 109 Å². The lowest BCUT2D eigenvalue weighted by Crippen LogP contribution is -2.79. The van der Waals surface area contributed by atoms with Crippen molar-refractivity contribution in [2.24, 2.45) is 0 Å². The lowest BCUT2D eigenvalue weighted by molar-refractivity contribution is -0.142. The molecule has 0 aromatic heterocycles. The van der Waals surface area contributed by atoms with Crippen LogP contribution in [0, 0.1) is 0 Å². The highest BCUT2D eigenvalue weighted by molar-refractivity contribution is 7.13. The second-order valence-corrected chi connectivity index (χ2v) is 12.4. The molecule has 170 valence electrons. The van der Waals surface area contributed by atoms with Crippen molar-refractivity contribution in [2.45, 2.75) is 25.3 Å². The summed E-state index contributed by atoms with van der Waals surface area (Å²) in [6.07, 6.45) is 2.22. The van der Waals surface area contributed by atoms with Crippen molar-refractivity contribution in [1.29, 1.82) is 0 Å². The molecule has 0 amide bonds. The Hall–Kier alpha value is -3.63. The highest BCUT2D eigenvalue weighted by Gasteiger charge is 2.49. The lowest BCUT2D eigenvalue weighted by Gasteiger charge is -2.48. The molecule has 0 aliphatic carbocycles. The van der Waals surface area contributed by atoms with Crippen molar-refractivity contribution in [3.8, 4) is 0 Å². The third-order valence-corrected chi connectivity index (χ3v) is 11.5. The number of cyclic esters (lactones) is 1. The van der Waals surface area contributed by atoms with Crippen LogP contribution >= 0.6 is 0 Å². The molecule has 0 radical (unpaired) electrons. The minimum atomic E-state index is -2.78. The number of carbonyl (C=O) groups is 1. The fourth-order valence-corrected chi connectivity index (χ4v) is 10.4. The van der Waals surface area contributed by atoms with Crippen LogP contribution in [-0.4, -0.2) is 26.9 Å². The maximum Gasteiger partial charge on any atom is 0.305 e. The summed E-state index contributed by atoms with van der Waals surface area (Å²) in [5.74, 6) is -0.0955. The molecule has 3 nitrogen and oxygen atoms in total. The fourth-order valence-electron chi connectivity index (χ4n) is 5.25. The summed E-state index contributed by atoms with van der Waals surface area (Å²) in [6.45, 7) is 0.398. The number of hydrogen-bond acceptors (Lipinski definition) is 3. The average molecular weight is 464 g/mol. The van der Waals surface area contributed by atoms with E-state index in [0.29, 0.717) is 13.0 Å². The summed E-state index contributed by atoms with van der Waals surface area (Å²) < 4.78 is 8.39. The van der Waals surface area contributed by atoms with Crippen LogP contribution in [0.15, 0.2) is 121 Å². The molecular formula is C30H29NO2Si. The van der Waals surface area contributed by atoms with E-state index >= 15 is 0 Å². The van der Waals surface area contributed by atoms with Crippen molar-refractivity contribution in [3.63, 3.8) is 0 Å². The van der Waals surface area contributed by atoms with Crippen LogP contribution < -0.4 is 20.1 Å². The fraction of sp³-hybridized carbons (Fsp3) is 0.167. The first-order valence-corrected chi connectivity index (χ1v) is 13.9. The number of rotatable bonds is 6. The zero-order valence-electron chi connectivity index (χ0n) is 19.2. The van der Waals surface area contributed by atoms with Gasteiger partial charge in [-0.3, -0.25) is 4.79 Å². The molecule has 0 N–H and O–H groups in total. The van der Waals surface area contributed by atoms with Gasteiger partial charge in [0.15, 0.2) is 0 Å². The second kappa shape index (κ2) is 10.1. The van der Waals surface area contributed by atoms with Crippen LogP contribution in [0.4, 0.5) is 5.69 Å². The maximum atomic E-state index is 12.2. The number of anilines is 1. The van der Waals surface area contributed by atoms with Crippen molar-refractivity contribution >= 4 is 35.5 Å². The first kappa shape index (κ1) is 22.2. The van der Waals surface area contributed by atoms with Crippen LogP contribution in [-0.2, 0) is 9.53 Å². The molecule has 0 bridgehead atoms. The molecule has 4 aromatic carbocycles. The smallest absolute Gasteiger partial charge is 0.305 e. The van der Waals surface area contributed by atoms with Crippen LogP contribution in [0.3, 0.4) is 0 Å². The average Bonchev–Trinajstić information content (AvgIpc) is 3.13. The standard InChI is InChI=1S/C30H29NO2Si/c32-30-23-13-16-26(24-33-30)31(25-14-5-1-6-15-25)34(27-17-7-2-8-18-27,28-19-9-3-10-20-28)29-21-11-4-12-22-29/h1-12,14-15,17-22,26H,13,16,23-24H2. The number of esters is 1. The summed E-state index contributed by atoms with van der Waals surface area (Å²) in [6, 6.07) is 43.4. The molecule has 1 saturated heterocycles. The van der Waals surface area contributed by atoms with Crippen molar-refractivity contribution < 1.29 is 9.53 Å². The molecule has 0 saturated carbocycles. The Bertz CT molecular complexity index is 1100. The van der Waals surface area contributed by atoms with Gasteiger partial charge in [0.25, 0.3) is 8.24 Å². The molecule has 1 aliphatic heterocycles. The largest absolute Gasteiger partial charge is 0.464 e. The molecule has 1 heterocycles. The van der Waals surface area contributed by atoms with E-state index in [-0.39, 0.29) is 12.0 Å². The van der Waals surface area contributed by atoms with E-state index in [4.69, 9.17) is 4.74 Å². The van der Waals surface area contributed by atoms with E-state index in [9.17, 15) is 4.79 Å². The molecule has 4 heteroatoms. The Balaban J connectivity index is 1.85. The first-order valence-electron chi connectivity index (χ1n) is 12.0. The van der Waals surface area contributed by atoms with Gasteiger partial charge in [0, 0.05) is 12.1 Å². The molecule has 5 rings (SSSR count). The van der Waals surface area contributed by atoms with Gasteiger partial charge in [-0.05, 0) is 40.5 Å². The van der Waals surface area contributed by atoms with E-state index < -0.39 is 8.24 Å². The van der Waals surface area contributed by atoms with E-state index in [0.717, 1.165) is 18.5 Å². The van der Waals surface area contributed by atoms with E-state index in [2.05, 4.69) is 126 Å². The molecule has 1 fully saturated rings. The Morgan fingerprint density at radius 3 is 1.56 bits per heavy atom. The predicted octanol–water partition coefficient (Wildman–Crippen LogP) is 4.26. The summed E-state index contributed by atoms with van der Waals surface area (Å²) in [5, 5.41) is 3.94. The SMILES string of the molecule is O=C1CCCC(N(c2ccccc2)[Si](c2ccccc2)(c2ccccc2)c2ccccc2)CO1. The predicted molar refractivity (Wildman–Crippen MR) is 142 cm³/mol. The Morgan fingerprint density at radius 1 is 0.647 bits per heavy atom. The Kier molecular flexibility index (Phi) is 6.59. The van der Waals surface area contributed by atoms with Gasteiger partial charge in [0.05, 0.1) is 6.04 Å². The van der Waals surface area contributed by atoms with Crippen LogP contribution in [0.25, 0.3) is 0 Å². The van der Waals surface area contributed by atoms with Crippen LogP contribution in [0.1, 0.15) is 19.3 Å². The van der Waals surface area contributed by atoms with Gasteiger partial charge in [-0.2, -0.15) is 0 Å². The number of hydrogen-bond donors (Lipinski definition) is 0. The maximum absolute atomic E-state index is 12.2. The van der Waals surface area contributed by atoms with Crippen molar-refractivity contribution in [2.75, 3.05) is 11.2 Å². The van der Waals surface area contributed by atoms with Gasteiger partial charge in [0.1, 0.15) is 6.61 Å². The van der Waals surface area contributed by atoms with E-state index in [1.165, 1.54) is 15.6 Å². The molecule has 34 heavy (non-hydrogen) atoms. The number of para-hydroxylation sites is 1. The summed E-state index contributed by atoms with van der Waals surface area (Å²) in [4.78, 5) is 12.2. The van der Waals surface area contributed by atoms with Gasteiger partial charge in [-0.25, -0.2) is 0 Å². The Morgan fingerprint density at radius 2 is 1.09 bits per heavy atom. The second-order valence-electron chi connectivity index (χ2n) is 8.74. The van der Waals surface area contributed by atoms with E-state index in [1.807, 2.05) is 0 Å². The number of benzene rings is 4. The number of ether oxygens (including phenoxy) is 1. The third-order valence-electron chi connectivity index (χ3n) is 6.69. The van der Waals surface area contributed by atoms with Crippen molar-refractivity contribution in [1.82, 2.24) is 0 Å². The molecule has 1 unspecified atom stereocenters. The molecule has 1 aliphatic rings. The zero-order valence-corrected chi connectivity index (χ0v) is 20.2. The molecule has 0 spiro atoms. The summed E-state index contributed by atoms with van der Waals surface area (Å²) in [5.41, 5.74) is 1.16. The topological polar surface area (TPSA) is 29.5 Å². The number of carbonyl (C=O) groups excluding carboxylic acids is 1. The normalized spacial score (nSPS) is 16.4. The third kappa shape index (κ3) is 4.17. The molecule has 4 aromatic rings. The van der Waals surface area contributed by atoms with E-state index in [1.54, 1.807) is 0 Å². The summed E-state index contributed by atoms with van der Waals surface area (Å²) in [7, 11) is -2.78. The van der Waals surface area contributed by atoms with Gasteiger partial charge in [-0.15, -0.1) is 0 Å². The van der Waals surface area contributed by atoms with Crippen LogP contribution in [0.5, 0.6) is 0 Å². The first-order chi connectivity index (χ1) is 16.8. The van der Waals surface area contributed by atoms with Gasteiger partial charge >= 0.3 is 5.97 Å². The monoisotopic (exact) mass is 463 g/mol. The highest BCUT2D eigenvalue weighted by atomic mass is 28.3. The summed E-state index contributed by atoms with van der Waals surface area (Å²) >= 11 is 0. The zero-order chi connectivity index (χ0) is 23.2. The minimum Gasteiger partial charge on any atom is -0.464 e. The number of nitrogens with zero attached hydrogens (tertiary/aromatic N) is 1. The minimum absolute atomic E-state index is 0.0705. The van der Waals surface area contributed by atoms with Crippen LogP contribution in [0.2, 0.25) is 0 Å². The Labute approximate surface area is 202 Å². The van der Waals surface area contributed by atoms with Gasteiger partial charge in [0.2, 0.25) is 0 Å². The molecular weight excluding hydrogens is 434 g/mol. The lowest BCUT2D eigenvalue weighted by atomic mass is 10.1. The molecule has 1 atom stereocenters. The quantitative estimate of drug-likeness (QED) is 0.243.